The number of hydrogen-bond acceptors (Lipinski definition) is 2. The number of alkyl halides is 3. The summed E-state index contributed by atoms with van der Waals surface area (Å²) in [6.45, 7) is 0. The van der Waals surface area contributed by atoms with Crippen molar-refractivity contribution in [2.75, 3.05) is 0 Å². The van der Waals surface area contributed by atoms with E-state index in [1.54, 1.807) is 0 Å². The molecule has 1 amide bonds. The first-order chi connectivity index (χ1) is 10.6. The first kappa shape index (κ1) is 17.2. The van der Waals surface area contributed by atoms with Gasteiger partial charge in [0, 0.05) is 5.92 Å². The van der Waals surface area contributed by atoms with E-state index in [4.69, 9.17) is 5.11 Å². The third-order valence-corrected chi connectivity index (χ3v) is 3.55. The highest BCUT2D eigenvalue weighted by atomic mass is 19.4. The van der Waals surface area contributed by atoms with Gasteiger partial charge in [0.05, 0.1) is 6.42 Å². The predicted molar refractivity (Wildman–Crippen MR) is 67.4 cm³/mol. The molecule has 0 aliphatic heterocycles. The van der Waals surface area contributed by atoms with E-state index in [1.165, 1.54) is 6.07 Å². The van der Waals surface area contributed by atoms with Crippen molar-refractivity contribution in [1.29, 1.82) is 0 Å². The van der Waals surface area contributed by atoms with Gasteiger partial charge < -0.3 is 10.4 Å². The molecule has 3 unspecified atom stereocenters. The van der Waals surface area contributed by atoms with Gasteiger partial charge in [-0.05, 0) is 30.0 Å². The summed E-state index contributed by atoms with van der Waals surface area (Å²) in [6.07, 6.45) is -6.19. The van der Waals surface area contributed by atoms with Crippen molar-refractivity contribution in [2.45, 2.75) is 31.0 Å². The Balaban J connectivity index is 1.99. The molecule has 0 aromatic heterocycles. The van der Waals surface area contributed by atoms with Crippen LogP contribution in [0.4, 0.5) is 22.0 Å². The van der Waals surface area contributed by atoms with E-state index in [9.17, 15) is 31.5 Å². The highest BCUT2D eigenvalue weighted by Crippen LogP contribution is 2.47. The van der Waals surface area contributed by atoms with Crippen LogP contribution < -0.4 is 5.32 Å². The third-order valence-electron chi connectivity index (χ3n) is 3.55. The molecule has 0 radical (unpaired) electrons. The monoisotopic (exact) mass is 337 g/mol. The van der Waals surface area contributed by atoms with E-state index in [0.29, 0.717) is 5.56 Å². The van der Waals surface area contributed by atoms with Gasteiger partial charge in [0.2, 0.25) is 5.91 Å². The minimum atomic E-state index is -4.74. The largest absolute Gasteiger partial charge is 0.480 e. The predicted octanol–water partition coefficient (Wildman–Crippen LogP) is 2.59. The summed E-state index contributed by atoms with van der Waals surface area (Å²) in [4.78, 5) is 22.6. The minimum absolute atomic E-state index is 0.231. The number of benzene rings is 1. The SMILES string of the molecule is O=C(O)C(CC(F)(F)F)NC(=O)C1CC1c1ccc(F)c(F)c1. The normalized spacial score (nSPS) is 21.6. The quantitative estimate of drug-likeness (QED) is 0.812. The summed E-state index contributed by atoms with van der Waals surface area (Å²) in [5.74, 6) is -6.00. The lowest BCUT2D eigenvalue weighted by Gasteiger charge is -2.16. The Morgan fingerprint density at radius 1 is 1.26 bits per heavy atom. The van der Waals surface area contributed by atoms with Crippen LogP contribution >= 0.6 is 0 Å². The number of amides is 1. The molecule has 4 nitrogen and oxygen atoms in total. The number of carbonyl (C=O) groups excluding carboxylic acids is 1. The fraction of sp³-hybridized carbons (Fsp3) is 0.429. The van der Waals surface area contributed by atoms with Gasteiger partial charge in [0.1, 0.15) is 6.04 Å². The fourth-order valence-electron chi connectivity index (χ4n) is 2.31. The van der Waals surface area contributed by atoms with Gasteiger partial charge >= 0.3 is 12.1 Å². The topological polar surface area (TPSA) is 66.4 Å². The highest BCUT2D eigenvalue weighted by Gasteiger charge is 2.46. The molecule has 9 heteroatoms. The molecular formula is C14H12F5NO3. The van der Waals surface area contributed by atoms with Gasteiger partial charge in [-0.3, -0.25) is 4.79 Å². The van der Waals surface area contributed by atoms with Crippen molar-refractivity contribution >= 4 is 11.9 Å². The Bertz CT molecular complexity index is 631. The van der Waals surface area contributed by atoms with E-state index in [1.807, 2.05) is 5.32 Å². The van der Waals surface area contributed by atoms with Crippen LogP contribution in [0.5, 0.6) is 0 Å². The lowest BCUT2D eigenvalue weighted by atomic mass is 10.1. The fourth-order valence-corrected chi connectivity index (χ4v) is 2.31. The molecule has 1 fully saturated rings. The first-order valence-corrected chi connectivity index (χ1v) is 6.63. The molecule has 0 bridgehead atoms. The van der Waals surface area contributed by atoms with Crippen LogP contribution in [0.3, 0.4) is 0 Å². The van der Waals surface area contributed by atoms with Crippen LogP contribution in [0.1, 0.15) is 24.3 Å². The minimum Gasteiger partial charge on any atom is -0.480 e. The van der Waals surface area contributed by atoms with Crippen LogP contribution in [-0.4, -0.2) is 29.2 Å². The van der Waals surface area contributed by atoms with Crippen molar-refractivity contribution in [2.24, 2.45) is 5.92 Å². The smallest absolute Gasteiger partial charge is 0.391 e. The van der Waals surface area contributed by atoms with Gasteiger partial charge in [-0.2, -0.15) is 13.2 Å². The molecular weight excluding hydrogens is 325 g/mol. The average Bonchev–Trinajstić information content (AvgIpc) is 3.20. The molecule has 1 aliphatic carbocycles. The molecule has 3 atom stereocenters. The summed E-state index contributed by atoms with van der Waals surface area (Å²) in [7, 11) is 0. The number of halogens is 5. The summed E-state index contributed by atoms with van der Waals surface area (Å²) in [5.41, 5.74) is 0.340. The number of nitrogens with one attached hydrogen (secondary N) is 1. The van der Waals surface area contributed by atoms with Crippen LogP contribution in [0.25, 0.3) is 0 Å². The van der Waals surface area contributed by atoms with E-state index < -0.39 is 54.0 Å². The number of hydrogen-bond donors (Lipinski definition) is 2. The van der Waals surface area contributed by atoms with E-state index >= 15 is 0 Å². The zero-order valence-electron chi connectivity index (χ0n) is 11.5. The van der Waals surface area contributed by atoms with Gasteiger partial charge in [-0.15, -0.1) is 0 Å². The zero-order valence-corrected chi connectivity index (χ0v) is 11.5. The van der Waals surface area contributed by atoms with Gasteiger partial charge in [0.25, 0.3) is 0 Å². The highest BCUT2D eigenvalue weighted by molar-refractivity contribution is 5.87. The molecule has 0 saturated heterocycles. The molecule has 1 aromatic rings. The molecule has 1 aliphatic rings. The van der Waals surface area contributed by atoms with Crippen LogP contribution in [0.2, 0.25) is 0 Å². The number of rotatable bonds is 5. The van der Waals surface area contributed by atoms with Crippen molar-refractivity contribution in [3.8, 4) is 0 Å². The molecule has 0 spiro atoms. The maximum atomic E-state index is 13.1. The maximum Gasteiger partial charge on any atom is 0.391 e. The molecule has 1 aromatic carbocycles. The second-order valence-corrected chi connectivity index (χ2v) is 5.34. The third kappa shape index (κ3) is 4.40. The van der Waals surface area contributed by atoms with E-state index in [-0.39, 0.29) is 6.42 Å². The Morgan fingerprint density at radius 3 is 2.43 bits per heavy atom. The lowest BCUT2D eigenvalue weighted by molar-refractivity contribution is -0.160. The van der Waals surface area contributed by atoms with Crippen LogP contribution in [-0.2, 0) is 9.59 Å². The number of carboxylic acid groups (broad SMARTS) is 1. The second kappa shape index (κ2) is 6.13. The Kier molecular flexibility index (Phi) is 4.58. The number of carboxylic acids is 1. The molecule has 126 valence electrons. The average molecular weight is 337 g/mol. The lowest BCUT2D eigenvalue weighted by Crippen LogP contribution is -2.44. The Labute approximate surface area is 127 Å². The maximum absolute atomic E-state index is 13.1. The van der Waals surface area contributed by atoms with Crippen molar-refractivity contribution in [3.63, 3.8) is 0 Å². The first-order valence-electron chi connectivity index (χ1n) is 6.63. The van der Waals surface area contributed by atoms with Crippen LogP contribution in [0.15, 0.2) is 18.2 Å². The van der Waals surface area contributed by atoms with Gasteiger partial charge in [-0.1, -0.05) is 6.07 Å². The van der Waals surface area contributed by atoms with E-state index in [2.05, 4.69) is 0 Å². The summed E-state index contributed by atoms with van der Waals surface area (Å²) in [5, 5.41) is 10.6. The van der Waals surface area contributed by atoms with E-state index in [0.717, 1.165) is 12.1 Å². The second-order valence-electron chi connectivity index (χ2n) is 5.34. The molecule has 1 saturated carbocycles. The summed E-state index contributed by atoms with van der Waals surface area (Å²) < 4.78 is 62.7. The van der Waals surface area contributed by atoms with Gasteiger partial charge in [0.15, 0.2) is 11.6 Å². The van der Waals surface area contributed by atoms with Crippen molar-refractivity contribution in [1.82, 2.24) is 5.32 Å². The summed E-state index contributed by atoms with van der Waals surface area (Å²) >= 11 is 0. The molecule has 2 N–H and O–H groups in total. The van der Waals surface area contributed by atoms with Crippen molar-refractivity contribution in [3.05, 3.63) is 35.4 Å². The Hall–Kier alpha value is -2.19. The molecule has 0 heterocycles. The summed E-state index contributed by atoms with van der Waals surface area (Å²) in [6, 6.07) is 1.01. The number of carbonyl (C=O) groups is 2. The zero-order chi connectivity index (χ0) is 17.4. The van der Waals surface area contributed by atoms with Crippen molar-refractivity contribution < 1.29 is 36.6 Å². The van der Waals surface area contributed by atoms with Crippen LogP contribution in [0, 0.1) is 17.6 Å². The van der Waals surface area contributed by atoms with Gasteiger partial charge in [-0.25, -0.2) is 13.6 Å². The molecule has 2 rings (SSSR count). The number of aliphatic carboxylic acids is 1. The standard InChI is InChI=1S/C14H12F5NO3/c15-9-2-1-6(3-10(9)16)7-4-8(7)12(21)20-11(13(22)23)5-14(17,18)19/h1-3,7-8,11H,4-5H2,(H,20,21)(H,22,23). The molecule has 23 heavy (non-hydrogen) atoms. The Morgan fingerprint density at radius 2 is 1.91 bits per heavy atom.